The summed E-state index contributed by atoms with van der Waals surface area (Å²) in [5, 5.41) is 15.6. The fourth-order valence-electron chi connectivity index (χ4n) is 0.143. The molecule has 0 rings (SSSR count). The normalized spacial score (nSPS) is 7.42. The van der Waals surface area contributed by atoms with E-state index in [4.69, 9.17) is 10.2 Å². The molecule has 0 fully saturated rings. The third-order valence-corrected chi connectivity index (χ3v) is 0.368. The van der Waals surface area contributed by atoms with Crippen molar-refractivity contribution in [1.29, 1.82) is 0 Å². The number of hydrogen-bond acceptors (Lipinski definition) is 3. The van der Waals surface area contributed by atoms with Crippen molar-refractivity contribution in [3.8, 4) is 0 Å². The molecule has 0 bridgehead atoms. The van der Waals surface area contributed by atoms with Gasteiger partial charge in [-0.3, -0.25) is 0 Å². The lowest BCUT2D eigenvalue weighted by Crippen LogP contribution is -1.91. The number of hydrogen-bond donors (Lipinski definition) is 3. The lowest BCUT2D eigenvalue weighted by molar-refractivity contribution is -0.134. The first-order chi connectivity index (χ1) is 5.04. The van der Waals surface area contributed by atoms with Gasteiger partial charge in [-0.15, -0.1) is 6.58 Å². The van der Waals surface area contributed by atoms with Gasteiger partial charge in [0.2, 0.25) is 0 Å². The van der Waals surface area contributed by atoms with E-state index in [1.165, 1.54) is 0 Å². The monoisotopic (exact) mass is 175 g/mol. The highest BCUT2D eigenvalue weighted by Gasteiger charge is 1.88. The topological polar surface area (TPSA) is 110 Å². The maximum absolute atomic E-state index is 9.55. The molecule has 0 radical (unpaired) electrons. The Balaban J connectivity index is -0.000000177. The van der Waals surface area contributed by atoms with Crippen LogP contribution in [0, 0.1) is 0 Å². The van der Waals surface area contributed by atoms with Gasteiger partial charge in [0.1, 0.15) is 0 Å². The van der Waals surface area contributed by atoms with Crippen LogP contribution in [0.4, 0.5) is 0 Å². The minimum Gasteiger partial charge on any atom is -0.478 e. The summed E-state index contributed by atoms with van der Waals surface area (Å²) >= 11 is 0. The molecule has 0 aromatic rings. The van der Waals surface area contributed by atoms with E-state index in [1.54, 1.807) is 6.08 Å². The zero-order chi connectivity index (χ0) is 9.28. The number of carbonyl (C=O) groups is 2. The molecular weight excluding hydrogens is 162 g/mol. The summed E-state index contributed by atoms with van der Waals surface area (Å²) in [7, 11) is 0. The molecule has 0 aromatic heterocycles. The highest BCUT2D eigenvalue weighted by molar-refractivity contribution is 5.89. The summed E-state index contributed by atoms with van der Waals surface area (Å²) in [6.07, 6.45) is 2.87. The van der Waals surface area contributed by atoms with Gasteiger partial charge in [-0.05, 0) is 6.92 Å². The maximum atomic E-state index is 9.55. The van der Waals surface area contributed by atoms with E-state index >= 15 is 0 Å². The average molecular weight is 175 g/mol. The Morgan fingerprint density at radius 1 is 1.17 bits per heavy atom. The van der Waals surface area contributed by atoms with Crippen molar-refractivity contribution in [3.05, 3.63) is 24.8 Å². The number of carboxylic acids is 2. The van der Waals surface area contributed by atoms with Gasteiger partial charge in [-0.1, -0.05) is 6.08 Å². The van der Waals surface area contributed by atoms with Crippen LogP contribution in [0.25, 0.3) is 0 Å². The summed E-state index contributed by atoms with van der Waals surface area (Å²) < 4.78 is 0. The lowest BCUT2D eigenvalue weighted by atomic mass is 10.5. The second-order valence-electron chi connectivity index (χ2n) is 1.42. The highest BCUT2D eigenvalue weighted by atomic mass is 16.4. The molecule has 0 unspecified atom stereocenters. The summed E-state index contributed by atoms with van der Waals surface area (Å²) in [6.45, 7) is 5.25. The van der Waals surface area contributed by atoms with E-state index in [1.807, 2.05) is 6.92 Å². The Kier molecular flexibility index (Phi) is 16.9. The predicted octanol–water partition coefficient (Wildman–Crippen LogP) is 1.07. The first-order valence-corrected chi connectivity index (χ1v) is 2.75. The third kappa shape index (κ3) is 40.0. The molecule has 0 heterocycles. The van der Waals surface area contributed by atoms with Crippen LogP contribution in [0.3, 0.4) is 0 Å². The molecule has 0 aliphatic rings. The lowest BCUT2D eigenvalue weighted by Gasteiger charge is -1.74. The molecule has 5 heteroatoms. The van der Waals surface area contributed by atoms with Crippen molar-refractivity contribution in [2.24, 2.45) is 0 Å². The first kappa shape index (κ1) is 16.8. The van der Waals surface area contributed by atoms with E-state index in [-0.39, 0.29) is 6.15 Å². The zero-order valence-corrected chi connectivity index (χ0v) is 6.86. The number of carboxylic acid groups (broad SMARTS) is 2. The van der Waals surface area contributed by atoms with Crippen LogP contribution in [0.2, 0.25) is 0 Å². The standard InChI is InChI=1S/C4H4O4.C3H6.H3N/c5-3(6)1-2-4(7)8;1-3-2;/h1-2H,(H,5,6)(H,7,8);3H,1H2,2H3;1H3/b2-1+;;. The number of rotatable bonds is 2. The van der Waals surface area contributed by atoms with E-state index in [2.05, 4.69) is 6.58 Å². The summed E-state index contributed by atoms with van der Waals surface area (Å²) in [5.41, 5.74) is 0. The minimum absolute atomic E-state index is 0. The van der Waals surface area contributed by atoms with E-state index in [9.17, 15) is 9.59 Å². The van der Waals surface area contributed by atoms with Gasteiger partial charge in [-0.25, -0.2) is 9.59 Å². The Hall–Kier alpha value is -1.62. The van der Waals surface area contributed by atoms with E-state index < -0.39 is 11.9 Å². The zero-order valence-electron chi connectivity index (χ0n) is 6.86. The van der Waals surface area contributed by atoms with Crippen LogP contribution in [0.1, 0.15) is 6.92 Å². The molecule has 0 aliphatic heterocycles. The molecule has 5 N–H and O–H groups in total. The van der Waals surface area contributed by atoms with Crippen molar-refractivity contribution in [2.45, 2.75) is 6.92 Å². The van der Waals surface area contributed by atoms with Crippen LogP contribution >= 0.6 is 0 Å². The molecule has 5 nitrogen and oxygen atoms in total. The molecule has 0 aliphatic carbocycles. The van der Waals surface area contributed by atoms with Crippen LogP contribution in [-0.2, 0) is 9.59 Å². The van der Waals surface area contributed by atoms with Crippen molar-refractivity contribution in [3.63, 3.8) is 0 Å². The second-order valence-corrected chi connectivity index (χ2v) is 1.42. The minimum atomic E-state index is -1.26. The first-order valence-electron chi connectivity index (χ1n) is 2.75. The Labute approximate surface area is 70.6 Å². The van der Waals surface area contributed by atoms with E-state index in [0.717, 1.165) is 0 Å². The molecule has 70 valence electrons. The van der Waals surface area contributed by atoms with Crippen LogP contribution in [-0.4, -0.2) is 22.2 Å². The van der Waals surface area contributed by atoms with Crippen molar-refractivity contribution in [2.75, 3.05) is 0 Å². The Bertz CT molecular complexity index is 158. The molecular formula is C7H13NO4. The molecule has 12 heavy (non-hydrogen) atoms. The maximum Gasteiger partial charge on any atom is 0.328 e. The summed E-state index contributed by atoms with van der Waals surface area (Å²) in [6, 6.07) is 0. The summed E-state index contributed by atoms with van der Waals surface area (Å²) in [5.74, 6) is -2.51. The number of aliphatic carboxylic acids is 2. The molecule has 0 spiro atoms. The fourth-order valence-corrected chi connectivity index (χ4v) is 0.143. The molecule has 0 aromatic carbocycles. The van der Waals surface area contributed by atoms with Gasteiger partial charge < -0.3 is 16.4 Å². The smallest absolute Gasteiger partial charge is 0.328 e. The van der Waals surface area contributed by atoms with Gasteiger partial charge in [0.25, 0.3) is 0 Å². The van der Waals surface area contributed by atoms with Crippen molar-refractivity contribution in [1.82, 2.24) is 6.15 Å². The molecule has 0 amide bonds. The Morgan fingerprint density at radius 3 is 1.42 bits per heavy atom. The van der Waals surface area contributed by atoms with Gasteiger partial charge >= 0.3 is 11.9 Å². The SMILES string of the molecule is C=CC.N.O=C(O)/C=C/C(=O)O. The largest absolute Gasteiger partial charge is 0.478 e. The van der Waals surface area contributed by atoms with Gasteiger partial charge in [0, 0.05) is 12.2 Å². The third-order valence-electron chi connectivity index (χ3n) is 0.368. The Morgan fingerprint density at radius 2 is 1.33 bits per heavy atom. The van der Waals surface area contributed by atoms with Crippen LogP contribution in [0.5, 0.6) is 0 Å². The molecule has 0 saturated heterocycles. The van der Waals surface area contributed by atoms with Gasteiger partial charge in [-0.2, -0.15) is 0 Å². The van der Waals surface area contributed by atoms with E-state index in [0.29, 0.717) is 12.2 Å². The predicted molar refractivity (Wildman–Crippen MR) is 45.3 cm³/mol. The average Bonchev–Trinajstić information content (AvgIpc) is 1.85. The van der Waals surface area contributed by atoms with Crippen LogP contribution in [0.15, 0.2) is 24.8 Å². The number of allylic oxidation sites excluding steroid dienone is 1. The quantitative estimate of drug-likeness (QED) is 0.429. The van der Waals surface area contributed by atoms with Crippen molar-refractivity contribution < 1.29 is 19.8 Å². The summed E-state index contributed by atoms with van der Waals surface area (Å²) in [4.78, 5) is 19.1. The molecule has 0 saturated carbocycles. The van der Waals surface area contributed by atoms with Crippen LogP contribution < -0.4 is 6.15 Å². The fraction of sp³-hybridized carbons (Fsp3) is 0.143. The van der Waals surface area contributed by atoms with Gasteiger partial charge in [0.05, 0.1) is 0 Å². The van der Waals surface area contributed by atoms with Gasteiger partial charge in [0.15, 0.2) is 0 Å². The molecule has 0 atom stereocenters. The highest BCUT2D eigenvalue weighted by Crippen LogP contribution is 1.70. The van der Waals surface area contributed by atoms with Crippen molar-refractivity contribution >= 4 is 11.9 Å². The second kappa shape index (κ2) is 12.1.